The van der Waals surface area contributed by atoms with Gasteiger partial charge in [0.1, 0.15) is 0 Å². The van der Waals surface area contributed by atoms with Crippen LogP contribution in [-0.4, -0.2) is 21.6 Å². The van der Waals surface area contributed by atoms with E-state index < -0.39 is 0 Å². The van der Waals surface area contributed by atoms with Crippen molar-refractivity contribution in [1.82, 2.24) is 15.1 Å². The Labute approximate surface area is 131 Å². The lowest BCUT2D eigenvalue weighted by Crippen LogP contribution is -2.65. The highest BCUT2D eigenvalue weighted by Crippen LogP contribution is 2.54. The van der Waals surface area contributed by atoms with Crippen LogP contribution < -0.4 is 0 Å². The molecule has 2 heterocycles. The second-order valence-electron chi connectivity index (χ2n) is 6.56. The Kier molecular flexibility index (Phi) is 3.49. The minimum Gasteiger partial charge on any atom is -0.424 e. The van der Waals surface area contributed by atoms with Crippen molar-refractivity contribution in [2.75, 3.05) is 6.54 Å². The summed E-state index contributed by atoms with van der Waals surface area (Å²) >= 11 is 0. The van der Waals surface area contributed by atoms with E-state index in [2.05, 4.69) is 45.4 Å². The molecular formula is C18H23N3O. The number of aryl methyl sites for hydroxylation is 1. The molecular weight excluding hydrogens is 274 g/mol. The number of hydrogen-bond acceptors (Lipinski definition) is 4. The van der Waals surface area contributed by atoms with Crippen molar-refractivity contribution in [2.24, 2.45) is 5.92 Å². The Balaban J connectivity index is 1.62. The van der Waals surface area contributed by atoms with E-state index >= 15 is 0 Å². The first kappa shape index (κ1) is 13.9. The molecule has 1 saturated heterocycles. The Hall–Kier alpha value is -1.68. The van der Waals surface area contributed by atoms with Gasteiger partial charge in [-0.25, -0.2) is 0 Å². The number of fused-ring (bicyclic) bond motifs is 1. The molecule has 0 N–H and O–H groups in total. The topological polar surface area (TPSA) is 42.2 Å². The number of nitrogens with zero attached hydrogens (tertiary/aromatic N) is 3. The Bertz CT molecular complexity index is 639. The Morgan fingerprint density at radius 1 is 1.18 bits per heavy atom. The standard InChI is InChI=1S/C18H23N3O/c1-2-16-19-20-17(22-16)13-21-12-15-10-6-7-11-18(15,21)14-8-4-3-5-9-14/h3-5,8-9,15H,2,6-7,10-13H2,1H3/t15-,18-/m0/s1. The van der Waals surface area contributed by atoms with Gasteiger partial charge < -0.3 is 4.42 Å². The molecule has 1 aromatic heterocycles. The monoisotopic (exact) mass is 297 g/mol. The molecule has 2 aliphatic rings. The van der Waals surface area contributed by atoms with Crippen molar-refractivity contribution in [3.05, 3.63) is 47.7 Å². The van der Waals surface area contributed by atoms with Crippen LogP contribution in [0.25, 0.3) is 0 Å². The maximum atomic E-state index is 5.74. The predicted octanol–water partition coefficient (Wildman–Crippen LogP) is 3.53. The predicted molar refractivity (Wildman–Crippen MR) is 84.2 cm³/mol. The molecule has 2 aromatic rings. The average Bonchev–Trinajstić information content (AvgIpc) is 3.01. The van der Waals surface area contributed by atoms with E-state index in [9.17, 15) is 0 Å². The number of likely N-dealkylation sites (tertiary alicyclic amines) is 1. The lowest BCUT2D eigenvalue weighted by Gasteiger charge is -2.61. The summed E-state index contributed by atoms with van der Waals surface area (Å²) in [5.41, 5.74) is 1.65. The van der Waals surface area contributed by atoms with Crippen LogP contribution in [0.2, 0.25) is 0 Å². The smallest absolute Gasteiger partial charge is 0.230 e. The highest BCUT2D eigenvalue weighted by Gasteiger charge is 2.55. The van der Waals surface area contributed by atoms with Crippen molar-refractivity contribution in [3.8, 4) is 0 Å². The quantitative estimate of drug-likeness (QED) is 0.865. The SMILES string of the molecule is CCc1nnc(CN2C[C@@H]3CCCC[C@]32c2ccccc2)o1. The molecule has 2 atom stereocenters. The van der Waals surface area contributed by atoms with Crippen molar-refractivity contribution >= 4 is 0 Å². The van der Waals surface area contributed by atoms with E-state index in [1.165, 1.54) is 31.2 Å². The van der Waals surface area contributed by atoms with Gasteiger partial charge in [-0.1, -0.05) is 50.1 Å². The normalized spacial score (nSPS) is 28.1. The third-order valence-electron chi connectivity index (χ3n) is 5.45. The van der Waals surface area contributed by atoms with Gasteiger partial charge in [0, 0.05) is 13.0 Å². The zero-order valence-electron chi connectivity index (χ0n) is 13.2. The van der Waals surface area contributed by atoms with Gasteiger partial charge in [0.2, 0.25) is 11.8 Å². The Morgan fingerprint density at radius 2 is 2.00 bits per heavy atom. The van der Waals surface area contributed by atoms with Gasteiger partial charge in [-0.05, 0) is 24.3 Å². The zero-order chi connectivity index (χ0) is 15.0. The van der Waals surface area contributed by atoms with Crippen LogP contribution in [0, 0.1) is 5.92 Å². The summed E-state index contributed by atoms with van der Waals surface area (Å²) in [4.78, 5) is 2.55. The molecule has 1 aliphatic heterocycles. The molecule has 4 heteroatoms. The molecule has 0 radical (unpaired) electrons. The minimum atomic E-state index is 0.195. The second-order valence-corrected chi connectivity index (χ2v) is 6.56. The third-order valence-corrected chi connectivity index (χ3v) is 5.45. The molecule has 4 nitrogen and oxygen atoms in total. The summed E-state index contributed by atoms with van der Waals surface area (Å²) in [7, 11) is 0. The van der Waals surface area contributed by atoms with Gasteiger partial charge in [0.05, 0.1) is 12.1 Å². The largest absolute Gasteiger partial charge is 0.424 e. The van der Waals surface area contributed by atoms with Gasteiger partial charge in [0.25, 0.3) is 0 Å². The number of aromatic nitrogens is 2. The molecule has 0 amide bonds. The van der Waals surface area contributed by atoms with E-state index in [1.807, 2.05) is 6.92 Å². The summed E-state index contributed by atoms with van der Waals surface area (Å²) in [5.74, 6) is 2.28. The van der Waals surface area contributed by atoms with Crippen molar-refractivity contribution < 1.29 is 4.42 Å². The molecule has 1 saturated carbocycles. The van der Waals surface area contributed by atoms with Crippen LogP contribution in [0.4, 0.5) is 0 Å². The molecule has 0 unspecified atom stereocenters. The van der Waals surface area contributed by atoms with Crippen molar-refractivity contribution in [2.45, 2.75) is 51.1 Å². The van der Waals surface area contributed by atoms with Crippen LogP contribution in [0.15, 0.2) is 34.7 Å². The average molecular weight is 297 g/mol. The first-order valence-electron chi connectivity index (χ1n) is 8.45. The minimum absolute atomic E-state index is 0.195. The molecule has 0 bridgehead atoms. The molecule has 2 fully saturated rings. The van der Waals surface area contributed by atoms with E-state index in [1.54, 1.807) is 0 Å². The van der Waals surface area contributed by atoms with E-state index in [0.29, 0.717) is 0 Å². The fourth-order valence-electron chi connectivity index (χ4n) is 4.36. The van der Waals surface area contributed by atoms with Crippen molar-refractivity contribution in [3.63, 3.8) is 0 Å². The first-order valence-corrected chi connectivity index (χ1v) is 8.45. The maximum absolute atomic E-state index is 5.74. The molecule has 0 spiro atoms. The summed E-state index contributed by atoms with van der Waals surface area (Å²) in [6, 6.07) is 11.0. The zero-order valence-corrected chi connectivity index (χ0v) is 13.2. The summed E-state index contributed by atoms with van der Waals surface area (Å²) in [5, 5.41) is 8.32. The van der Waals surface area contributed by atoms with Gasteiger partial charge in [-0.15, -0.1) is 10.2 Å². The van der Waals surface area contributed by atoms with Crippen LogP contribution >= 0.6 is 0 Å². The summed E-state index contributed by atoms with van der Waals surface area (Å²) in [6.45, 7) is 3.97. The first-order chi connectivity index (χ1) is 10.8. The van der Waals surface area contributed by atoms with Crippen molar-refractivity contribution in [1.29, 1.82) is 0 Å². The van der Waals surface area contributed by atoms with Crippen LogP contribution in [0.1, 0.15) is 50.0 Å². The lowest BCUT2D eigenvalue weighted by atomic mass is 9.62. The number of hydrogen-bond donors (Lipinski definition) is 0. The van der Waals surface area contributed by atoms with E-state index in [4.69, 9.17) is 4.42 Å². The summed E-state index contributed by atoms with van der Waals surface area (Å²) in [6.07, 6.45) is 6.07. The van der Waals surface area contributed by atoms with Gasteiger partial charge in [0.15, 0.2) is 0 Å². The van der Waals surface area contributed by atoms with E-state index in [0.717, 1.165) is 37.2 Å². The molecule has 1 aromatic carbocycles. The van der Waals surface area contributed by atoms with Crippen LogP contribution in [-0.2, 0) is 18.5 Å². The number of benzene rings is 1. The highest BCUT2D eigenvalue weighted by atomic mass is 16.4. The van der Waals surface area contributed by atoms with Crippen LogP contribution in [0.5, 0.6) is 0 Å². The summed E-state index contributed by atoms with van der Waals surface area (Å²) < 4.78 is 5.74. The Morgan fingerprint density at radius 3 is 2.73 bits per heavy atom. The third kappa shape index (κ3) is 2.09. The van der Waals surface area contributed by atoms with Gasteiger partial charge >= 0.3 is 0 Å². The maximum Gasteiger partial charge on any atom is 0.230 e. The second kappa shape index (κ2) is 5.51. The molecule has 22 heavy (non-hydrogen) atoms. The highest BCUT2D eigenvalue weighted by molar-refractivity contribution is 5.30. The fraction of sp³-hybridized carbons (Fsp3) is 0.556. The van der Waals surface area contributed by atoms with E-state index in [-0.39, 0.29) is 5.54 Å². The van der Waals surface area contributed by atoms with Crippen LogP contribution in [0.3, 0.4) is 0 Å². The molecule has 4 rings (SSSR count). The molecule has 116 valence electrons. The van der Waals surface area contributed by atoms with Gasteiger partial charge in [-0.2, -0.15) is 0 Å². The van der Waals surface area contributed by atoms with Gasteiger partial charge in [-0.3, -0.25) is 4.90 Å². The number of rotatable bonds is 4. The fourth-order valence-corrected chi connectivity index (χ4v) is 4.36. The lowest BCUT2D eigenvalue weighted by molar-refractivity contribution is -0.124. The molecule has 1 aliphatic carbocycles.